The fourth-order valence-corrected chi connectivity index (χ4v) is 3.65. The largest absolute Gasteiger partial charge is 0.310 e. The van der Waals surface area contributed by atoms with Crippen LogP contribution in [0.5, 0.6) is 0 Å². The molecule has 0 spiro atoms. The third kappa shape index (κ3) is 3.81. The summed E-state index contributed by atoms with van der Waals surface area (Å²) in [6, 6.07) is 4.45. The van der Waals surface area contributed by atoms with Gasteiger partial charge in [0.15, 0.2) is 0 Å². The van der Waals surface area contributed by atoms with Crippen LogP contribution in [0.15, 0.2) is 23.1 Å². The van der Waals surface area contributed by atoms with Crippen LogP contribution >= 0.6 is 0 Å². The molecule has 1 aromatic carbocycles. The summed E-state index contributed by atoms with van der Waals surface area (Å²) in [6.07, 6.45) is 4.32. The molecule has 21 heavy (non-hydrogen) atoms. The van der Waals surface area contributed by atoms with E-state index >= 15 is 0 Å². The number of benzene rings is 1. The number of halogens is 1. The van der Waals surface area contributed by atoms with Gasteiger partial charge in [0.1, 0.15) is 5.82 Å². The third-order valence-electron chi connectivity index (χ3n) is 4.27. The van der Waals surface area contributed by atoms with Crippen LogP contribution in [0.3, 0.4) is 0 Å². The molecule has 4 nitrogen and oxygen atoms in total. The van der Waals surface area contributed by atoms with Crippen molar-refractivity contribution < 1.29 is 12.8 Å². The maximum absolute atomic E-state index is 13.5. The molecule has 2 saturated carbocycles. The van der Waals surface area contributed by atoms with E-state index in [1.54, 1.807) is 6.07 Å². The Hall–Kier alpha value is -0.980. The Labute approximate surface area is 125 Å². The van der Waals surface area contributed by atoms with Crippen molar-refractivity contribution in [3.05, 3.63) is 29.6 Å². The molecule has 2 aliphatic rings. The molecule has 0 atom stereocenters. The average molecular weight is 312 g/mol. The van der Waals surface area contributed by atoms with Gasteiger partial charge in [-0.05, 0) is 48.8 Å². The van der Waals surface area contributed by atoms with Crippen LogP contribution < -0.4 is 10.0 Å². The highest BCUT2D eigenvalue weighted by atomic mass is 32.2. The first kappa shape index (κ1) is 14.9. The Kier molecular flexibility index (Phi) is 3.80. The van der Waals surface area contributed by atoms with Crippen LogP contribution in [-0.2, 0) is 16.6 Å². The van der Waals surface area contributed by atoms with Gasteiger partial charge in [0.2, 0.25) is 10.0 Å². The maximum atomic E-state index is 13.5. The van der Waals surface area contributed by atoms with E-state index in [2.05, 4.69) is 17.0 Å². The lowest BCUT2D eigenvalue weighted by Crippen LogP contribution is -2.30. The fourth-order valence-electron chi connectivity index (χ4n) is 2.20. The average Bonchev–Trinajstić information content (AvgIpc) is 3.33. The lowest BCUT2D eigenvalue weighted by molar-refractivity contribution is 0.528. The monoisotopic (exact) mass is 312 g/mol. The lowest BCUT2D eigenvalue weighted by atomic mass is 10.2. The van der Waals surface area contributed by atoms with E-state index < -0.39 is 15.8 Å². The number of rotatable bonds is 7. The standard InChI is InChI=1S/C15H21FN2O2S/c1-15(6-7-15)10-18-21(19,20)14-8-12(16)3-2-11(14)9-17-13-4-5-13/h2-3,8,13,17-18H,4-7,9-10H2,1H3. The zero-order valence-corrected chi connectivity index (χ0v) is 13.0. The number of hydrogen-bond donors (Lipinski definition) is 2. The number of hydrogen-bond acceptors (Lipinski definition) is 3. The topological polar surface area (TPSA) is 58.2 Å². The molecule has 3 rings (SSSR count). The van der Waals surface area contributed by atoms with Crippen molar-refractivity contribution in [3.8, 4) is 0 Å². The van der Waals surface area contributed by atoms with Gasteiger partial charge in [-0.1, -0.05) is 13.0 Å². The second kappa shape index (κ2) is 5.34. The molecular formula is C15H21FN2O2S. The molecule has 2 N–H and O–H groups in total. The first-order valence-electron chi connectivity index (χ1n) is 7.40. The van der Waals surface area contributed by atoms with E-state index in [4.69, 9.17) is 0 Å². The van der Waals surface area contributed by atoms with Crippen molar-refractivity contribution in [3.63, 3.8) is 0 Å². The molecule has 2 fully saturated rings. The SMILES string of the molecule is CC1(CNS(=O)(=O)c2cc(F)ccc2CNC2CC2)CC1. The zero-order chi connectivity index (χ0) is 15.1. The molecule has 0 aromatic heterocycles. The second-order valence-electron chi connectivity index (χ2n) is 6.54. The molecule has 6 heteroatoms. The highest BCUT2D eigenvalue weighted by Crippen LogP contribution is 2.44. The van der Waals surface area contributed by atoms with Crippen LogP contribution in [0.25, 0.3) is 0 Å². The van der Waals surface area contributed by atoms with E-state index in [0.29, 0.717) is 24.7 Å². The van der Waals surface area contributed by atoms with E-state index in [1.165, 1.54) is 6.07 Å². The molecule has 116 valence electrons. The van der Waals surface area contributed by atoms with Gasteiger partial charge in [-0.2, -0.15) is 0 Å². The Morgan fingerprint density at radius 1 is 1.33 bits per heavy atom. The highest BCUT2D eigenvalue weighted by molar-refractivity contribution is 7.89. The van der Waals surface area contributed by atoms with Crippen LogP contribution in [-0.4, -0.2) is 21.0 Å². The molecule has 0 bridgehead atoms. The van der Waals surface area contributed by atoms with Gasteiger partial charge in [0.25, 0.3) is 0 Å². The predicted molar refractivity (Wildman–Crippen MR) is 78.8 cm³/mol. The molecule has 0 heterocycles. The molecule has 0 saturated heterocycles. The summed E-state index contributed by atoms with van der Waals surface area (Å²) in [5.74, 6) is -0.525. The third-order valence-corrected chi connectivity index (χ3v) is 5.75. The van der Waals surface area contributed by atoms with E-state index in [-0.39, 0.29) is 10.3 Å². The van der Waals surface area contributed by atoms with Gasteiger partial charge >= 0.3 is 0 Å². The summed E-state index contributed by atoms with van der Waals surface area (Å²) in [4.78, 5) is 0.0555. The minimum atomic E-state index is -3.66. The van der Waals surface area contributed by atoms with Crippen molar-refractivity contribution in [2.75, 3.05) is 6.54 Å². The summed E-state index contributed by atoms with van der Waals surface area (Å²) >= 11 is 0. The normalized spacial score (nSPS) is 20.5. The predicted octanol–water partition coefficient (Wildman–Crippen LogP) is 2.16. The van der Waals surface area contributed by atoms with Crippen LogP contribution in [0, 0.1) is 11.2 Å². The van der Waals surface area contributed by atoms with Crippen molar-refractivity contribution in [1.29, 1.82) is 0 Å². The highest BCUT2D eigenvalue weighted by Gasteiger charge is 2.38. The zero-order valence-electron chi connectivity index (χ0n) is 12.2. The summed E-state index contributed by atoms with van der Waals surface area (Å²) in [5.41, 5.74) is 0.698. The number of nitrogens with one attached hydrogen (secondary N) is 2. The minimum Gasteiger partial charge on any atom is -0.310 e. The van der Waals surface area contributed by atoms with Crippen LogP contribution in [0.4, 0.5) is 4.39 Å². The van der Waals surface area contributed by atoms with E-state index in [1.807, 2.05) is 0 Å². The molecular weight excluding hydrogens is 291 g/mol. The molecule has 0 unspecified atom stereocenters. The Bertz CT molecular complexity index is 637. The maximum Gasteiger partial charge on any atom is 0.241 e. The molecule has 0 radical (unpaired) electrons. The smallest absolute Gasteiger partial charge is 0.241 e. The summed E-state index contributed by atoms with van der Waals surface area (Å²) in [7, 11) is -3.66. The summed E-state index contributed by atoms with van der Waals surface area (Å²) in [5, 5.41) is 3.27. The van der Waals surface area contributed by atoms with Gasteiger partial charge in [0.05, 0.1) is 4.90 Å². The van der Waals surface area contributed by atoms with Gasteiger partial charge < -0.3 is 5.32 Å². The molecule has 0 amide bonds. The molecule has 1 aromatic rings. The Morgan fingerprint density at radius 3 is 2.67 bits per heavy atom. The van der Waals surface area contributed by atoms with Crippen molar-refractivity contribution in [2.24, 2.45) is 5.41 Å². The van der Waals surface area contributed by atoms with Gasteiger partial charge in [-0.15, -0.1) is 0 Å². The molecule has 2 aliphatic carbocycles. The number of sulfonamides is 1. The first-order valence-corrected chi connectivity index (χ1v) is 8.88. The second-order valence-corrected chi connectivity index (χ2v) is 8.28. The summed E-state index contributed by atoms with van der Waals surface area (Å²) < 4.78 is 41.0. The quantitative estimate of drug-likeness (QED) is 0.811. The van der Waals surface area contributed by atoms with Crippen LogP contribution in [0.2, 0.25) is 0 Å². The van der Waals surface area contributed by atoms with Gasteiger partial charge in [-0.25, -0.2) is 17.5 Å². The lowest BCUT2D eigenvalue weighted by Gasteiger charge is -2.14. The van der Waals surface area contributed by atoms with Crippen LogP contribution in [0.1, 0.15) is 38.2 Å². The van der Waals surface area contributed by atoms with E-state index in [0.717, 1.165) is 31.7 Å². The van der Waals surface area contributed by atoms with Crippen molar-refractivity contribution in [2.45, 2.75) is 50.1 Å². The minimum absolute atomic E-state index is 0.0555. The Balaban J connectivity index is 1.78. The van der Waals surface area contributed by atoms with E-state index in [9.17, 15) is 12.8 Å². The van der Waals surface area contributed by atoms with Gasteiger partial charge in [0, 0.05) is 19.1 Å². The first-order chi connectivity index (χ1) is 9.88. The van der Waals surface area contributed by atoms with Crippen molar-refractivity contribution in [1.82, 2.24) is 10.0 Å². The Morgan fingerprint density at radius 2 is 2.05 bits per heavy atom. The van der Waals surface area contributed by atoms with Gasteiger partial charge in [-0.3, -0.25) is 0 Å². The molecule has 0 aliphatic heterocycles. The fraction of sp³-hybridized carbons (Fsp3) is 0.600. The summed E-state index contributed by atoms with van der Waals surface area (Å²) in [6.45, 7) is 2.93. The van der Waals surface area contributed by atoms with Crippen molar-refractivity contribution >= 4 is 10.0 Å².